The van der Waals surface area contributed by atoms with Crippen molar-refractivity contribution >= 4 is 52.5 Å². The minimum absolute atomic E-state index is 0.147. The van der Waals surface area contributed by atoms with E-state index in [1.807, 2.05) is 26.0 Å². The van der Waals surface area contributed by atoms with E-state index in [0.29, 0.717) is 11.1 Å². The predicted octanol–water partition coefficient (Wildman–Crippen LogP) is 7.19. The van der Waals surface area contributed by atoms with Crippen molar-refractivity contribution < 1.29 is 23.9 Å². The maximum atomic E-state index is 13.5. The van der Waals surface area contributed by atoms with Crippen molar-refractivity contribution in [3.05, 3.63) is 134 Å². The maximum absolute atomic E-state index is 13.5. The first kappa shape index (κ1) is 26.4. The highest BCUT2D eigenvalue weighted by Crippen LogP contribution is 2.34. The van der Waals surface area contributed by atoms with Crippen LogP contribution in [0.1, 0.15) is 64.2 Å². The second-order valence-corrected chi connectivity index (χ2v) is 9.98. The third-order valence-corrected chi connectivity index (χ3v) is 7.37. The lowest BCUT2D eigenvalue weighted by Crippen LogP contribution is -2.29. The van der Waals surface area contributed by atoms with Gasteiger partial charge >= 0.3 is 5.97 Å². The Morgan fingerprint density at radius 1 is 0.718 bits per heavy atom. The van der Waals surface area contributed by atoms with Gasteiger partial charge in [-0.1, -0.05) is 65.7 Å². The molecule has 2 amide bonds. The van der Waals surface area contributed by atoms with Gasteiger partial charge in [0.15, 0.2) is 6.10 Å². The molecule has 4 aromatic rings. The zero-order chi connectivity index (χ0) is 27.8. The predicted molar refractivity (Wildman–Crippen MR) is 149 cm³/mol. The van der Waals surface area contributed by atoms with Gasteiger partial charge in [0.25, 0.3) is 11.8 Å². The highest BCUT2D eigenvalue weighted by Gasteiger charge is 2.37. The minimum atomic E-state index is -1.16. The van der Waals surface area contributed by atoms with Crippen LogP contribution in [-0.2, 0) is 4.74 Å². The summed E-state index contributed by atoms with van der Waals surface area (Å²) in [5.41, 5.74) is 3.67. The fourth-order valence-electron chi connectivity index (χ4n) is 4.34. The average Bonchev–Trinajstić information content (AvgIpc) is 3.17. The van der Waals surface area contributed by atoms with Crippen LogP contribution in [0.25, 0.3) is 0 Å². The number of hydrogen-bond donors (Lipinski definition) is 0. The van der Waals surface area contributed by atoms with E-state index in [9.17, 15) is 19.2 Å². The Bertz CT molecular complexity index is 1610. The lowest BCUT2D eigenvalue weighted by molar-refractivity contribution is 0.0280. The van der Waals surface area contributed by atoms with Crippen molar-refractivity contribution in [1.82, 2.24) is 0 Å². The summed E-state index contributed by atoms with van der Waals surface area (Å²) in [6.45, 7) is 3.86. The number of nitrogens with zero attached hydrogens (tertiary/aromatic N) is 1. The van der Waals surface area contributed by atoms with E-state index in [1.165, 1.54) is 36.4 Å². The van der Waals surface area contributed by atoms with Crippen LogP contribution in [0.5, 0.6) is 0 Å². The van der Waals surface area contributed by atoms with Gasteiger partial charge in [0, 0.05) is 11.1 Å². The third-order valence-electron chi connectivity index (χ3n) is 6.65. The molecule has 0 bridgehead atoms. The summed E-state index contributed by atoms with van der Waals surface area (Å²) in [5.74, 6) is -2.18. The number of ketones is 1. The summed E-state index contributed by atoms with van der Waals surface area (Å²) in [6, 6.07) is 22.6. The van der Waals surface area contributed by atoms with Crippen molar-refractivity contribution in [2.45, 2.75) is 20.0 Å². The molecule has 0 fully saturated rings. The quantitative estimate of drug-likeness (QED) is 0.142. The van der Waals surface area contributed by atoms with Gasteiger partial charge in [-0.05, 0) is 67.4 Å². The molecule has 0 aliphatic carbocycles. The van der Waals surface area contributed by atoms with Crippen molar-refractivity contribution in [2.75, 3.05) is 4.90 Å². The first-order valence-corrected chi connectivity index (χ1v) is 12.8. The lowest BCUT2D eigenvalue weighted by Gasteiger charge is -2.19. The summed E-state index contributed by atoms with van der Waals surface area (Å²) in [6.07, 6.45) is -1.16. The number of carbonyl (C=O) groups excluding carboxylic acids is 4. The molecule has 0 saturated heterocycles. The Kier molecular flexibility index (Phi) is 7.08. The molecule has 0 saturated carbocycles. The number of fused-ring (bicyclic) bond motifs is 1. The molecular weight excluding hydrogens is 537 g/mol. The first-order chi connectivity index (χ1) is 18.7. The van der Waals surface area contributed by atoms with E-state index in [4.69, 9.17) is 27.9 Å². The molecule has 1 atom stereocenters. The van der Waals surface area contributed by atoms with Crippen LogP contribution < -0.4 is 4.90 Å². The zero-order valence-electron chi connectivity index (χ0n) is 20.9. The molecule has 194 valence electrons. The Labute approximate surface area is 234 Å². The molecule has 0 N–H and O–H groups in total. The monoisotopic (exact) mass is 557 g/mol. The van der Waals surface area contributed by atoms with E-state index in [1.54, 1.807) is 36.4 Å². The van der Waals surface area contributed by atoms with Crippen LogP contribution in [-0.4, -0.2) is 23.6 Å². The summed E-state index contributed by atoms with van der Waals surface area (Å²) in [4.78, 5) is 53.4. The van der Waals surface area contributed by atoms with Gasteiger partial charge in [-0.2, -0.15) is 0 Å². The molecule has 8 heteroatoms. The number of aryl methyl sites for hydroxylation is 2. The highest BCUT2D eigenvalue weighted by molar-refractivity contribution is 6.44. The zero-order valence-corrected chi connectivity index (χ0v) is 22.4. The Morgan fingerprint density at radius 2 is 1.28 bits per heavy atom. The molecule has 1 aliphatic rings. The minimum Gasteiger partial charge on any atom is -0.445 e. The van der Waals surface area contributed by atoms with Crippen molar-refractivity contribution in [3.8, 4) is 0 Å². The number of Topliss-reactive ketones (excluding diaryl/α,β-unsaturated/α-hetero) is 1. The number of ether oxygens (including phenoxy) is 1. The first-order valence-electron chi connectivity index (χ1n) is 12.0. The van der Waals surface area contributed by atoms with Gasteiger partial charge in [-0.3, -0.25) is 14.4 Å². The SMILES string of the molecule is Cc1ccc(C(=O)[C@H](OC(=O)c2ccc(N3C(=O)c4cc(Cl)c(Cl)cc4C3=O)cc2)c2ccccc2)cc1C. The van der Waals surface area contributed by atoms with E-state index < -0.39 is 23.9 Å². The smallest absolute Gasteiger partial charge is 0.339 e. The summed E-state index contributed by atoms with van der Waals surface area (Å²) < 4.78 is 5.73. The average molecular weight is 558 g/mol. The number of esters is 1. The number of benzene rings is 4. The van der Waals surface area contributed by atoms with E-state index in [0.717, 1.165) is 16.0 Å². The van der Waals surface area contributed by atoms with E-state index in [2.05, 4.69) is 0 Å². The topological polar surface area (TPSA) is 80.8 Å². The maximum Gasteiger partial charge on any atom is 0.339 e. The van der Waals surface area contributed by atoms with Gasteiger partial charge in [0.1, 0.15) is 0 Å². The molecule has 1 aliphatic heterocycles. The fourth-order valence-corrected chi connectivity index (χ4v) is 4.66. The standard InChI is InChI=1S/C31H21Cl2NO5/c1-17-8-9-21(14-18(17)2)27(35)28(19-6-4-3-5-7-19)39-31(38)20-10-12-22(13-11-20)34-29(36)23-15-25(32)26(33)16-24(23)30(34)37/h3-16,28H,1-2H3/t28-/m1/s1. The second kappa shape index (κ2) is 10.5. The fraction of sp³-hybridized carbons (Fsp3) is 0.0968. The molecule has 0 radical (unpaired) electrons. The number of anilines is 1. The van der Waals surface area contributed by atoms with E-state index in [-0.39, 0.29) is 38.2 Å². The number of imide groups is 1. The lowest BCUT2D eigenvalue weighted by atomic mass is 9.97. The molecule has 5 rings (SSSR count). The van der Waals surface area contributed by atoms with Crippen LogP contribution in [0.2, 0.25) is 10.0 Å². The number of carbonyl (C=O) groups is 4. The Hall–Kier alpha value is -4.26. The summed E-state index contributed by atoms with van der Waals surface area (Å²) >= 11 is 12.1. The van der Waals surface area contributed by atoms with Crippen LogP contribution >= 0.6 is 23.2 Å². The van der Waals surface area contributed by atoms with Crippen molar-refractivity contribution in [3.63, 3.8) is 0 Å². The molecule has 6 nitrogen and oxygen atoms in total. The number of hydrogen-bond acceptors (Lipinski definition) is 5. The van der Waals surface area contributed by atoms with Gasteiger partial charge in [0.2, 0.25) is 5.78 Å². The molecular formula is C31H21Cl2NO5. The Balaban J connectivity index is 1.40. The van der Waals surface area contributed by atoms with Crippen LogP contribution in [0.15, 0.2) is 84.9 Å². The molecule has 0 spiro atoms. The van der Waals surface area contributed by atoms with Gasteiger partial charge in [0.05, 0.1) is 32.4 Å². The van der Waals surface area contributed by atoms with E-state index >= 15 is 0 Å². The number of rotatable bonds is 6. The molecule has 0 unspecified atom stereocenters. The van der Waals surface area contributed by atoms with Crippen molar-refractivity contribution in [1.29, 1.82) is 0 Å². The molecule has 0 aromatic heterocycles. The normalized spacial score (nSPS) is 13.3. The summed E-state index contributed by atoms with van der Waals surface area (Å²) in [5, 5.41) is 0.333. The third kappa shape index (κ3) is 4.97. The Morgan fingerprint density at radius 3 is 1.85 bits per heavy atom. The van der Waals surface area contributed by atoms with Crippen molar-refractivity contribution in [2.24, 2.45) is 0 Å². The number of halogens is 2. The van der Waals surface area contributed by atoms with Crippen LogP contribution in [0.3, 0.4) is 0 Å². The summed E-state index contributed by atoms with van der Waals surface area (Å²) in [7, 11) is 0. The van der Waals surface area contributed by atoms with Crippen LogP contribution in [0.4, 0.5) is 5.69 Å². The largest absolute Gasteiger partial charge is 0.445 e. The molecule has 1 heterocycles. The molecule has 4 aromatic carbocycles. The molecule has 39 heavy (non-hydrogen) atoms. The second-order valence-electron chi connectivity index (χ2n) is 9.16. The number of amides is 2. The van der Waals surface area contributed by atoms with Gasteiger partial charge < -0.3 is 4.74 Å². The van der Waals surface area contributed by atoms with Crippen LogP contribution in [0, 0.1) is 13.8 Å². The van der Waals surface area contributed by atoms with Gasteiger partial charge in [-0.25, -0.2) is 9.69 Å². The highest BCUT2D eigenvalue weighted by atomic mass is 35.5. The van der Waals surface area contributed by atoms with Gasteiger partial charge in [-0.15, -0.1) is 0 Å².